The Labute approximate surface area is 93.3 Å². The van der Waals surface area contributed by atoms with E-state index in [1.807, 2.05) is 0 Å². The fourth-order valence-electron chi connectivity index (χ4n) is 1.09. The van der Waals surface area contributed by atoms with Crippen molar-refractivity contribution < 1.29 is 20.7 Å². The second kappa shape index (κ2) is 4.11. The van der Waals surface area contributed by atoms with Crippen LogP contribution >= 0.6 is 0 Å². The normalized spacial score (nSPS) is 14.7. The zero-order chi connectivity index (χ0) is 12.6. The molecule has 1 unspecified atom stereocenters. The molecule has 2 N–H and O–H groups in total. The molecule has 0 aliphatic carbocycles. The van der Waals surface area contributed by atoms with Gasteiger partial charge in [-0.2, -0.15) is 8.42 Å². The summed E-state index contributed by atoms with van der Waals surface area (Å²) in [7, 11) is -8.51. The van der Waals surface area contributed by atoms with E-state index in [9.17, 15) is 20.7 Å². The van der Waals surface area contributed by atoms with E-state index in [4.69, 9.17) is 5.14 Å². The van der Waals surface area contributed by atoms with Crippen molar-refractivity contribution in [3.8, 4) is 0 Å². The second-order valence-electron chi connectivity index (χ2n) is 3.23. The van der Waals surface area contributed by atoms with Crippen molar-refractivity contribution in [2.45, 2.75) is 17.1 Å². The fourth-order valence-corrected chi connectivity index (χ4v) is 2.09. The van der Waals surface area contributed by atoms with Gasteiger partial charge in [-0.05, 0) is 24.6 Å². The molecule has 1 rings (SSSR count). The monoisotopic (exact) mass is 267 g/mol. The SMILES string of the molecule is CC(c1ccc(S(N)(=O)=O)cc1)S(=O)(=O)F. The van der Waals surface area contributed by atoms with Gasteiger partial charge in [0.15, 0.2) is 0 Å². The first-order chi connectivity index (χ1) is 7.12. The maximum atomic E-state index is 12.6. The summed E-state index contributed by atoms with van der Waals surface area (Å²) in [5.41, 5.74) is 0.162. The largest absolute Gasteiger partial charge is 0.309 e. The number of hydrogen-bond acceptors (Lipinski definition) is 4. The van der Waals surface area contributed by atoms with E-state index in [2.05, 4.69) is 0 Å². The van der Waals surface area contributed by atoms with Crippen LogP contribution in [0.1, 0.15) is 17.7 Å². The lowest BCUT2D eigenvalue weighted by Gasteiger charge is -2.07. The molecule has 8 heteroatoms. The summed E-state index contributed by atoms with van der Waals surface area (Å²) < 4.78 is 55.6. The predicted molar refractivity (Wildman–Crippen MR) is 56.3 cm³/mol. The van der Waals surface area contributed by atoms with Crippen LogP contribution in [-0.4, -0.2) is 16.8 Å². The first kappa shape index (κ1) is 13.1. The van der Waals surface area contributed by atoms with Crippen LogP contribution in [-0.2, 0) is 20.2 Å². The van der Waals surface area contributed by atoms with Gasteiger partial charge in [-0.3, -0.25) is 0 Å². The maximum Gasteiger partial charge on any atom is 0.309 e. The summed E-state index contributed by atoms with van der Waals surface area (Å²) in [6.07, 6.45) is 0. The number of benzene rings is 1. The molecular formula is C8H10FNO4S2. The molecule has 0 heterocycles. The van der Waals surface area contributed by atoms with E-state index in [1.54, 1.807) is 0 Å². The van der Waals surface area contributed by atoms with E-state index in [-0.39, 0.29) is 10.5 Å². The van der Waals surface area contributed by atoms with Crippen molar-refractivity contribution in [3.63, 3.8) is 0 Å². The van der Waals surface area contributed by atoms with Crippen molar-refractivity contribution in [2.75, 3.05) is 0 Å². The van der Waals surface area contributed by atoms with Gasteiger partial charge < -0.3 is 0 Å². The summed E-state index contributed by atoms with van der Waals surface area (Å²) in [6, 6.07) is 4.68. The number of halogens is 1. The van der Waals surface area contributed by atoms with Crippen molar-refractivity contribution in [1.29, 1.82) is 0 Å². The minimum absolute atomic E-state index is 0.153. The quantitative estimate of drug-likeness (QED) is 0.815. The van der Waals surface area contributed by atoms with Crippen LogP contribution in [0.5, 0.6) is 0 Å². The molecule has 0 amide bonds. The molecule has 0 fully saturated rings. The molecule has 0 radical (unpaired) electrons. The topological polar surface area (TPSA) is 94.3 Å². The van der Waals surface area contributed by atoms with Gasteiger partial charge in [0.05, 0.1) is 4.90 Å². The average molecular weight is 267 g/mol. The maximum absolute atomic E-state index is 12.6. The van der Waals surface area contributed by atoms with Crippen LogP contribution < -0.4 is 5.14 Å². The smallest absolute Gasteiger partial charge is 0.225 e. The van der Waals surface area contributed by atoms with Crippen LogP contribution in [0.25, 0.3) is 0 Å². The molecule has 5 nitrogen and oxygen atoms in total. The molecule has 0 spiro atoms. The Bertz CT molecular complexity index is 577. The minimum atomic E-state index is -4.68. The van der Waals surface area contributed by atoms with E-state index >= 15 is 0 Å². The average Bonchev–Trinajstić information content (AvgIpc) is 2.14. The molecule has 0 aromatic heterocycles. The molecule has 0 saturated heterocycles. The Morgan fingerprint density at radius 2 is 1.56 bits per heavy atom. The Hall–Kier alpha value is -0.990. The van der Waals surface area contributed by atoms with Gasteiger partial charge in [-0.15, -0.1) is 3.89 Å². The third kappa shape index (κ3) is 3.00. The third-order valence-corrected chi connectivity index (χ3v) is 4.15. The van der Waals surface area contributed by atoms with Crippen molar-refractivity contribution in [1.82, 2.24) is 0 Å². The Kier molecular flexibility index (Phi) is 3.36. The van der Waals surface area contributed by atoms with Crippen LogP contribution in [0.4, 0.5) is 3.89 Å². The van der Waals surface area contributed by atoms with E-state index in [0.29, 0.717) is 0 Å². The predicted octanol–water partition coefficient (Wildman–Crippen LogP) is 0.694. The Morgan fingerprint density at radius 1 is 1.12 bits per heavy atom. The molecular weight excluding hydrogens is 257 g/mol. The number of rotatable bonds is 3. The second-order valence-corrected chi connectivity index (χ2v) is 6.45. The van der Waals surface area contributed by atoms with Crippen LogP contribution in [0.15, 0.2) is 29.2 Å². The van der Waals surface area contributed by atoms with Crippen molar-refractivity contribution in [2.24, 2.45) is 5.14 Å². The molecule has 1 aromatic rings. The highest BCUT2D eigenvalue weighted by Crippen LogP contribution is 2.23. The molecule has 1 aromatic carbocycles. The Balaban J connectivity index is 3.15. The zero-order valence-electron chi connectivity index (χ0n) is 8.29. The van der Waals surface area contributed by atoms with E-state index < -0.39 is 25.5 Å². The third-order valence-electron chi connectivity index (χ3n) is 2.10. The van der Waals surface area contributed by atoms with Gasteiger partial charge in [0, 0.05) is 0 Å². The summed E-state index contributed by atoms with van der Waals surface area (Å²) in [6.45, 7) is 1.17. The minimum Gasteiger partial charge on any atom is -0.225 e. The van der Waals surface area contributed by atoms with Gasteiger partial charge in [0.25, 0.3) is 0 Å². The molecule has 0 saturated carbocycles. The molecule has 0 aliphatic rings. The number of hydrogen-bond donors (Lipinski definition) is 1. The van der Waals surface area contributed by atoms with Crippen LogP contribution in [0.3, 0.4) is 0 Å². The molecule has 16 heavy (non-hydrogen) atoms. The van der Waals surface area contributed by atoms with E-state index in [0.717, 1.165) is 12.1 Å². The standard InChI is InChI=1S/C8H10FNO4S2/c1-6(15(9,11)12)7-2-4-8(5-3-7)16(10,13)14/h2-6H,1H3,(H2,10,13,14). The fraction of sp³-hybridized carbons (Fsp3) is 0.250. The lowest BCUT2D eigenvalue weighted by atomic mass is 10.2. The van der Waals surface area contributed by atoms with Gasteiger partial charge >= 0.3 is 10.2 Å². The van der Waals surface area contributed by atoms with Gasteiger partial charge in [0.2, 0.25) is 10.0 Å². The first-order valence-electron chi connectivity index (χ1n) is 4.18. The zero-order valence-corrected chi connectivity index (χ0v) is 9.92. The molecule has 0 bridgehead atoms. The van der Waals surface area contributed by atoms with Crippen LogP contribution in [0, 0.1) is 0 Å². The highest BCUT2D eigenvalue weighted by molar-refractivity contribution is 7.89. The van der Waals surface area contributed by atoms with Crippen molar-refractivity contribution >= 4 is 20.2 Å². The first-order valence-corrected chi connectivity index (χ1v) is 7.18. The summed E-state index contributed by atoms with van der Waals surface area (Å²) in [5, 5.41) is 3.52. The lowest BCUT2D eigenvalue weighted by molar-refractivity contribution is 0.540. The molecule has 1 atom stereocenters. The summed E-state index contributed by atoms with van der Waals surface area (Å²) >= 11 is 0. The lowest BCUT2D eigenvalue weighted by Crippen LogP contribution is -2.12. The summed E-state index contributed by atoms with van der Waals surface area (Å²) in [4.78, 5) is -0.153. The van der Waals surface area contributed by atoms with Gasteiger partial charge in [-0.25, -0.2) is 13.6 Å². The Morgan fingerprint density at radius 3 is 1.88 bits per heavy atom. The van der Waals surface area contributed by atoms with Crippen LogP contribution in [0.2, 0.25) is 0 Å². The number of sulfonamides is 1. The molecule has 90 valence electrons. The molecule has 0 aliphatic heterocycles. The van der Waals surface area contributed by atoms with Gasteiger partial charge in [0.1, 0.15) is 5.25 Å². The van der Waals surface area contributed by atoms with Crippen molar-refractivity contribution in [3.05, 3.63) is 29.8 Å². The highest BCUT2D eigenvalue weighted by Gasteiger charge is 2.21. The van der Waals surface area contributed by atoms with E-state index in [1.165, 1.54) is 19.1 Å². The summed E-state index contributed by atoms with van der Waals surface area (Å²) in [5.74, 6) is 0. The number of primary sulfonamides is 1. The van der Waals surface area contributed by atoms with Gasteiger partial charge in [-0.1, -0.05) is 12.1 Å². The number of nitrogens with two attached hydrogens (primary N) is 1. The highest BCUT2D eigenvalue weighted by atomic mass is 32.3.